The standard InChI is InChI=1S/C24H40O22/c25-1-4-7(28)9(30)12(33)22(41-4)44-17-8(29)5(2-26)42-24(15(17)36)45-18-14(35)21(39)40-6(3-27)16(18)43-23-13(34)10(31)11(32)19(46-23)20(37)38/h4-19,21-36,39H,1-3H2,(H,37,38)/t4-,5-,6-,7+,8+,9+,10+,11+,12-,13-,14-,15-,16+,17+,18-,19+,21?,22+,23-,24+/m1/s1. The smallest absolute Gasteiger partial charge is 0.335 e. The van der Waals surface area contributed by atoms with Crippen molar-refractivity contribution in [2.75, 3.05) is 19.8 Å². The summed E-state index contributed by atoms with van der Waals surface area (Å²) in [7, 11) is 0. The highest BCUT2D eigenvalue weighted by atomic mass is 16.8. The van der Waals surface area contributed by atoms with Crippen LogP contribution in [0.3, 0.4) is 0 Å². The van der Waals surface area contributed by atoms with Crippen LogP contribution in [0, 0.1) is 0 Å². The van der Waals surface area contributed by atoms with Crippen molar-refractivity contribution in [3.05, 3.63) is 0 Å². The molecule has 14 N–H and O–H groups in total. The van der Waals surface area contributed by atoms with Gasteiger partial charge in [-0.1, -0.05) is 0 Å². The summed E-state index contributed by atoms with van der Waals surface area (Å²) in [6.07, 6.45) is -38.7. The molecule has 4 heterocycles. The Bertz CT molecular complexity index is 990. The molecule has 0 aliphatic carbocycles. The highest BCUT2D eigenvalue weighted by Gasteiger charge is 2.56. The van der Waals surface area contributed by atoms with E-state index < -0.39 is 149 Å². The van der Waals surface area contributed by atoms with E-state index >= 15 is 0 Å². The molecule has 0 aromatic rings. The lowest BCUT2D eigenvalue weighted by molar-refractivity contribution is -0.392. The van der Waals surface area contributed by atoms with Crippen LogP contribution in [0.1, 0.15) is 0 Å². The van der Waals surface area contributed by atoms with E-state index in [0.717, 1.165) is 0 Å². The van der Waals surface area contributed by atoms with Gasteiger partial charge in [0, 0.05) is 0 Å². The molecular weight excluding hydrogens is 640 g/mol. The molecule has 4 aliphatic rings. The summed E-state index contributed by atoms with van der Waals surface area (Å²) < 4.78 is 37.6. The van der Waals surface area contributed by atoms with Crippen molar-refractivity contribution in [1.82, 2.24) is 0 Å². The van der Waals surface area contributed by atoms with E-state index in [1.54, 1.807) is 0 Å². The Labute approximate surface area is 258 Å². The fraction of sp³-hybridized carbons (Fsp3) is 0.958. The molecule has 0 bridgehead atoms. The van der Waals surface area contributed by atoms with Crippen LogP contribution in [-0.4, -0.2) is 220 Å². The SMILES string of the molecule is O=C(O)[C@H]1O[C@@H](O[C@@H]2[C@H](O[C@@H]3O[C@H](CO)[C@H](O)[C@H](O[C@@H]4O[C@H](CO)[C@H](O)[C@H](O)[C@H]4O)[C@H]3O)[C@@H](O)C(O)O[C@@H]2CO)[C@H](O)[C@@H](O)[C@@H]1O. The molecule has 0 radical (unpaired) electrons. The summed E-state index contributed by atoms with van der Waals surface area (Å²) in [5, 5.41) is 142. The third-order valence-electron chi connectivity index (χ3n) is 8.17. The van der Waals surface area contributed by atoms with Gasteiger partial charge in [-0.05, 0) is 0 Å². The van der Waals surface area contributed by atoms with Crippen LogP contribution < -0.4 is 0 Å². The maximum Gasteiger partial charge on any atom is 0.335 e. The van der Waals surface area contributed by atoms with Crippen LogP contribution in [0.2, 0.25) is 0 Å². The first-order valence-electron chi connectivity index (χ1n) is 14.1. The second kappa shape index (κ2) is 15.5. The van der Waals surface area contributed by atoms with Crippen LogP contribution in [0.15, 0.2) is 0 Å². The predicted molar refractivity (Wildman–Crippen MR) is 134 cm³/mol. The molecule has 22 nitrogen and oxygen atoms in total. The minimum absolute atomic E-state index is 0.839. The minimum atomic E-state index is -2.12. The Morgan fingerprint density at radius 2 is 0.913 bits per heavy atom. The molecule has 46 heavy (non-hydrogen) atoms. The molecule has 0 aromatic heterocycles. The molecule has 0 spiro atoms. The predicted octanol–water partition coefficient (Wildman–Crippen LogP) is -9.66. The number of aliphatic carboxylic acids is 1. The summed E-state index contributed by atoms with van der Waals surface area (Å²) in [5.74, 6) is -1.76. The summed E-state index contributed by atoms with van der Waals surface area (Å²) >= 11 is 0. The van der Waals surface area contributed by atoms with Crippen molar-refractivity contribution in [2.24, 2.45) is 0 Å². The number of ether oxygens (including phenoxy) is 7. The van der Waals surface area contributed by atoms with E-state index in [2.05, 4.69) is 0 Å². The van der Waals surface area contributed by atoms with E-state index in [1.165, 1.54) is 0 Å². The number of hydrogen-bond acceptors (Lipinski definition) is 21. The third-order valence-corrected chi connectivity index (χ3v) is 8.17. The normalized spacial score (nSPS) is 51.9. The molecule has 20 atom stereocenters. The fourth-order valence-corrected chi connectivity index (χ4v) is 5.51. The Balaban J connectivity index is 1.58. The number of hydrogen-bond donors (Lipinski definition) is 14. The van der Waals surface area contributed by atoms with Gasteiger partial charge in [0.2, 0.25) is 0 Å². The number of rotatable bonds is 10. The monoisotopic (exact) mass is 680 g/mol. The highest BCUT2D eigenvalue weighted by molar-refractivity contribution is 5.73. The number of aliphatic hydroxyl groups is 13. The highest BCUT2D eigenvalue weighted by Crippen LogP contribution is 2.34. The van der Waals surface area contributed by atoms with Gasteiger partial charge in [-0.2, -0.15) is 0 Å². The Morgan fingerprint density at radius 3 is 1.46 bits per heavy atom. The number of carboxylic acid groups (broad SMARTS) is 1. The first kappa shape index (κ1) is 37.5. The van der Waals surface area contributed by atoms with E-state index in [0.29, 0.717) is 0 Å². The topological polar surface area (TPSA) is 365 Å². The molecule has 4 rings (SSSR count). The van der Waals surface area contributed by atoms with E-state index in [9.17, 15) is 76.3 Å². The molecule has 22 heteroatoms. The average molecular weight is 681 g/mol. The van der Waals surface area contributed by atoms with Crippen molar-refractivity contribution >= 4 is 5.97 Å². The second-order valence-electron chi connectivity index (χ2n) is 11.2. The fourth-order valence-electron chi connectivity index (χ4n) is 5.51. The quantitative estimate of drug-likeness (QED) is 0.102. The zero-order chi connectivity index (χ0) is 34.2. The zero-order valence-electron chi connectivity index (χ0n) is 23.7. The van der Waals surface area contributed by atoms with Gasteiger partial charge in [0.15, 0.2) is 31.3 Å². The molecule has 4 aliphatic heterocycles. The van der Waals surface area contributed by atoms with Crippen LogP contribution in [0.4, 0.5) is 0 Å². The van der Waals surface area contributed by atoms with Gasteiger partial charge >= 0.3 is 5.97 Å². The van der Waals surface area contributed by atoms with Crippen LogP contribution >= 0.6 is 0 Å². The second-order valence-corrected chi connectivity index (χ2v) is 11.2. The maximum atomic E-state index is 11.5. The summed E-state index contributed by atoms with van der Waals surface area (Å²) in [6.45, 7) is -2.76. The third kappa shape index (κ3) is 7.31. The number of carboxylic acids is 1. The molecule has 0 aromatic carbocycles. The minimum Gasteiger partial charge on any atom is -0.479 e. The Morgan fingerprint density at radius 1 is 0.457 bits per heavy atom. The number of carbonyl (C=O) groups is 1. The van der Waals surface area contributed by atoms with Crippen molar-refractivity contribution in [3.8, 4) is 0 Å². The lowest BCUT2D eigenvalue weighted by Crippen LogP contribution is -2.68. The molecular formula is C24H40O22. The summed E-state index contributed by atoms with van der Waals surface area (Å²) in [4.78, 5) is 11.5. The van der Waals surface area contributed by atoms with Gasteiger partial charge in [-0.25, -0.2) is 4.79 Å². The van der Waals surface area contributed by atoms with Crippen LogP contribution in [-0.2, 0) is 38.0 Å². The van der Waals surface area contributed by atoms with Crippen molar-refractivity contribution < 1.29 is 109 Å². The van der Waals surface area contributed by atoms with Crippen molar-refractivity contribution in [1.29, 1.82) is 0 Å². The van der Waals surface area contributed by atoms with E-state index in [4.69, 9.17) is 33.2 Å². The van der Waals surface area contributed by atoms with Crippen LogP contribution in [0.5, 0.6) is 0 Å². The molecule has 4 fully saturated rings. The zero-order valence-corrected chi connectivity index (χ0v) is 23.7. The van der Waals surface area contributed by atoms with Gasteiger partial charge in [0.25, 0.3) is 0 Å². The summed E-state index contributed by atoms with van der Waals surface area (Å²) in [6, 6.07) is 0. The summed E-state index contributed by atoms with van der Waals surface area (Å²) in [5.41, 5.74) is 0. The number of aliphatic hydroxyl groups excluding tert-OH is 13. The van der Waals surface area contributed by atoms with E-state index in [1.807, 2.05) is 0 Å². The van der Waals surface area contributed by atoms with Crippen molar-refractivity contribution in [3.63, 3.8) is 0 Å². The molecule has 268 valence electrons. The molecule has 4 saturated heterocycles. The Kier molecular flexibility index (Phi) is 12.6. The molecule has 1 unspecified atom stereocenters. The van der Waals surface area contributed by atoms with Gasteiger partial charge in [0.1, 0.15) is 91.6 Å². The van der Waals surface area contributed by atoms with Gasteiger partial charge in [0.05, 0.1) is 19.8 Å². The first-order chi connectivity index (χ1) is 21.7. The molecule has 0 saturated carbocycles. The Hall–Kier alpha value is -1.33. The van der Waals surface area contributed by atoms with Gasteiger partial charge in [-0.3, -0.25) is 0 Å². The van der Waals surface area contributed by atoms with Crippen molar-refractivity contribution in [2.45, 2.75) is 123 Å². The van der Waals surface area contributed by atoms with Gasteiger partial charge in [-0.15, -0.1) is 0 Å². The largest absolute Gasteiger partial charge is 0.479 e. The lowest BCUT2D eigenvalue weighted by atomic mass is 9.95. The first-order valence-corrected chi connectivity index (χ1v) is 14.1. The average Bonchev–Trinajstić information content (AvgIpc) is 3.03. The van der Waals surface area contributed by atoms with Gasteiger partial charge < -0.3 is 105 Å². The van der Waals surface area contributed by atoms with E-state index in [-0.39, 0.29) is 0 Å². The maximum absolute atomic E-state index is 11.5. The molecule has 0 amide bonds. The van der Waals surface area contributed by atoms with Crippen LogP contribution in [0.25, 0.3) is 0 Å². The lowest BCUT2D eigenvalue weighted by Gasteiger charge is -2.49.